The predicted molar refractivity (Wildman–Crippen MR) is 94.7 cm³/mol. The number of imidazole rings is 1. The molecule has 0 bridgehead atoms. The van der Waals surface area contributed by atoms with Gasteiger partial charge in [-0.1, -0.05) is 48.9 Å². The largest absolute Gasteiger partial charge is 0.456 e. The summed E-state index contributed by atoms with van der Waals surface area (Å²) in [5, 5.41) is 2.28. The van der Waals surface area contributed by atoms with E-state index in [2.05, 4.69) is 36.2 Å². The Balaban J connectivity index is 2.00. The summed E-state index contributed by atoms with van der Waals surface area (Å²) in [7, 11) is 0. The maximum atomic E-state index is 12.1. The van der Waals surface area contributed by atoms with Crippen LogP contribution in [0.5, 0.6) is 0 Å². The monoisotopic (exact) mass is 322 g/mol. The molecule has 24 heavy (non-hydrogen) atoms. The molecular formula is C20H22N2O2. The van der Waals surface area contributed by atoms with E-state index in [0.29, 0.717) is 13.0 Å². The van der Waals surface area contributed by atoms with Crippen molar-refractivity contribution in [1.29, 1.82) is 0 Å². The van der Waals surface area contributed by atoms with Crippen LogP contribution in [0.4, 0.5) is 0 Å². The zero-order valence-electron chi connectivity index (χ0n) is 14.1. The summed E-state index contributed by atoms with van der Waals surface area (Å²) >= 11 is 0. The number of aryl methyl sites for hydroxylation is 1. The molecular weight excluding hydrogens is 300 g/mol. The minimum absolute atomic E-state index is 0.160. The van der Waals surface area contributed by atoms with E-state index in [9.17, 15) is 4.79 Å². The van der Waals surface area contributed by atoms with Crippen molar-refractivity contribution < 1.29 is 9.53 Å². The summed E-state index contributed by atoms with van der Waals surface area (Å²) < 4.78 is 7.75. The molecule has 0 aliphatic carbocycles. The van der Waals surface area contributed by atoms with E-state index >= 15 is 0 Å². The lowest BCUT2D eigenvalue weighted by atomic mass is 9.98. The van der Waals surface area contributed by atoms with Gasteiger partial charge in [-0.15, -0.1) is 0 Å². The zero-order valence-corrected chi connectivity index (χ0v) is 14.1. The third-order valence-corrected chi connectivity index (χ3v) is 4.08. The Morgan fingerprint density at radius 2 is 2.17 bits per heavy atom. The van der Waals surface area contributed by atoms with Crippen molar-refractivity contribution in [3.8, 4) is 0 Å². The minimum Gasteiger partial charge on any atom is -0.456 e. The lowest BCUT2D eigenvalue weighted by molar-refractivity contribution is -0.150. The number of ether oxygens (including phenoxy) is 1. The first-order valence-corrected chi connectivity index (χ1v) is 8.32. The predicted octanol–water partition coefficient (Wildman–Crippen LogP) is 4.43. The first kappa shape index (κ1) is 16.2. The number of aromatic nitrogens is 2. The fraction of sp³-hybridized carbons (Fsp3) is 0.300. The van der Waals surface area contributed by atoms with Crippen LogP contribution in [0.1, 0.15) is 37.0 Å². The van der Waals surface area contributed by atoms with E-state index in [0.717, 1.165) is 22.8 Å². The number of hydrogen-bond acceptors (Lipinski definition) is 3. The standard InChI is InChI=1S/C20H22N2O2/c1-3-5-20(23)24-19(13-22-11-10-21-14-22)17-7-4-6-16-9-8-15(2)12-18(16)17/h4,6-12,14,19H,3,5,13H2,1-2H3. The molecule has 0 radical (unpaired) electrons. The van der Waals surface area contributed by atoms with Gasteiger partial charge >= 0.3 is 5.97 Å². The smallest absolute Gasteiger partial charge is 0.306 e. The van der Waals surface area contributed by atoms with E-state index in [-0.39, 0.29) is 12.1 Å². The van der Waals surface area contributed by atoms with Crippen molar-refractivity contribution in [2.24, 2.45) is 0 Å². The van der Waals surface area contributed by atoms with Crippen LogP contribution in [-0.4, -0.2) is 15.5 Å². The van der Waals surface area contributed by atoms with Gasteiger partial charge in [0, 0.05) is 24.4 Å². The molecule has 0 amide bonds. The lowest BCUT2D eigenvalue weighted by Gasteiger charge is -2.21. The third kappa shape index (κ3) is 3.65. The second-order valence-corrected chi connectivity index (χ2v) is 6.06. The molecule has 0 saturated carbocycles. The highest BCUT2D eigenvalue weighted by Gasteiger charge is 2.19. The molecule has 124 valence electrons. The second kappa shape index (κ2) is 7.30. The van der Waals surface area contributed by atoms with Gasteiger partial charge in [0.1, 0.15) is 6.10 Å². The Kier molecular flexibility index (Phi) is 4.94. The molecule has 1 atom stereocenters. The number of carbonyl (C=O) groups excluding carboxylic acids is 1. The molecule has 1 aromatic heterocycles. The Hall–Kier alpha value is -2.62. The van der Waals surface area contributed by atoms with Gasteiger partial charge in [0.2, 0.25) is 0 Å². The van der Waals surface area contributed by atoms with Crippen molar-refractivity contribution in [2.45, 2.75) is 39.3 Å². The van der Waals surface area contributed by atoms with Gasteiger partial charge in [-0.2, -0.15) is 0 Å². The van der Waals surface area contributed by atoms with Crippen molar-refractivity contribution in [2.75, 3.05) is 0 Å². The summed E-state index contributed by atoms with van der Waals surface area (Å²) in [4.78, 5) is 16.2. The van der Waals surface area contributed by atoms with Crippen LogP contribution in [-0.2, 0) is 16.1 Å². The number of rotatable bonds is 6. The fourth-order valence-electron chi connectivity index (χ4n) is 2.90. The highest BCUT2D eigenvalue weighted by atomic mass is 16.5. The van der Waals surface area contributed by atoms with Gasteiger partial charge < -0.3 is 9.30 Å². The van der Waals surface area contributed by atoms with Crippen molar-refractivity contribution >= 4 is 16.7 Å². The maximum absolute atomic E-state index is 12.1. The first-order valence-electron chi connectivity index (χ1n) is 8.32. The molecule has 1 unspecified atom stereocenters. The van der Waals surface area contributed by atoms with Crippen molar-refractivity contribution in [3.05, 3.63) is 66.2 Å². The van der Waals surface area contributed by atoms with Crippen LogP contribution in [0.3, 0.4) is 0 Å². The molecule has 1 heterocycles. The van der Waals surface area contributed by atoms with Gasteiger partial charge in [-0.3, -0.25) is 4.79 Å². The molecule has 4 heteroatoms. The van der Waals surface area contributed by atoms with E-state index in [4.69, 9.17) is 4.74 Å². The van der Waals surface area contributed by atoms with Crippen molar-refractivity contribution in [1.82, 2.24) is 9.55 Å². The van der Waals surface area contributed by atoms with E-state index in [1.165, 1.54) is 5.56 Å². The van der Waals surface area contributed by atoms with Gasteiger partial charge in [-0.05, 0) is 24.1 Å². The van der Waals surface area contributed by atoms with Gasteiger partial charge in [-0.25, -0.2) is 4.98 Å². The highest BCUT2D eigenvalue weighted by Crippen LogP contribution is 2.29. The van der Waals surface area contributed by atoms with Crippen LogP contribution in [0, 0.1) is 6.92 Å². The summed E-state index contributed by atoms with van der Waals surface area (Å²) in [6.07, 6.45) is 6.26. The molecule has 0 saturated heterocycles. The molecule has 0 aliphatic heterocycles. The molecule has 0 N–H and O–H groups in total. The number of carbonyl (C=O) groups is 1. The van der Waals surface area contributed by atoms with Crippen LogP contribution in [0.15, 0.2) is 55.1 Å². The Labute approximate surface area is 142 Å². The SMILES string of the molecule is CCCC(=O)OC(Cn1ccnc1)c1cccc2ccc(C)cc12. The number of hydrogen-bond donors (Lipinski definition) is 0. The first-order chi connectivity index (χ1) is 11.7. The third-order valence-electron chi connectivity index (χ3n) is 4.08. The van der Waals surface area contributed by atoms with Gasteiger partial charge in [0.25, 0.3) is 0 Å². The Morgan fingerprint density at radius 1 is 1.29 bits per heavy atom. The van der Waals surface area contributed by atoms with Crippen LogP contribution in [0.25, 0.3) is 10.8 Å². The molecule has 0 aliphatic rings. The fourth-order valence-corrected chi connectivity index (χ4v) is 2.90. The molecule has 2 aromatic carbocycles. The van der Waals surface area contributed by atoms with E-state index in [1.807, 2.05) is 29.8 Å². The minimum atomic E-state index is -0.330. The molecule has 0 spiro atoms. The maximum Gasteiger partial charge on any atom is 0.306 e. The van der Waals surface area contributed by atoms with E-state index in [1.54, 1.807) is 12.5 Å². The molecule has 3 rings (SSSR count). The normalized spacial score (nSPS) is 12.2. The van der Waals surface area contributed by atoms with Crippen LogP contribution >= 0.6 is 0 Å². The number of esters is 1. The summed E-state index contributed by atoms with van der Waals surface area (Å²) in [6.45, 7) is 4.61. The second-order valence-electron chi connectivity index (χ2n) is 6.06. The summed E-state index contributed by atoms with van der Waals surface area (Å²) in [5.74, 6) is -0.160. The van der Waals surface area contributed by atoms with Crippen molar-refractivity contribution in [3.63, 3.8) is 0 Å². The van der Waals surface area contributed by atoms with Gasteiger partial charge in [0.15, 0.2) is 0 Å². The van der Waals surface area contributed by atoms with Crippen LogP contribution in [0.2, 0.25) is 0 Å². The summed E-state index contributed by atoms with van der Waals surface area (Å²) in [6, 6.07) is 12.5. The summed E-state index contributed by atoms with van der Waals surface area (Å²) in [5.41, 5.74) is 2.23. The zero-order chi connectivity index (χ0) is 16.9. The topological polar surface area (TPSA) is 44.1 Å². The molecule has 0 fully saturated rings. The number of benzene rings is 2. The lowest BCUT2D eigenvalue weighted by Crippen LogP contribution is -2.16. The Bertz CT molecular complexity index is 825. The highest BCUT2D eigenvalue weighted by molar-refractivity contribution is 5.87. The van der Waals surface area contributed by atoms with Crippen LogP contribution < -0.4 is 0 Å². The molecule has 4 nitrogen and oxygen atoms in total. The van der Waals surface area contributed by atoms with Gasteiger partial charge in [0.05, 0.1) is 12.9 Å². The number of fused-ring (bicyclic) bond motifs is 1. The average Bonchev–Trinajstić information content (AvgIpc) is 3.07. The number of nitrogens with zero attached hydrogens (tertiary/aromatic N) is 2. The van der Waals surface area contributed by atoms with E-state index < -0.39 is 0 Å². The quantitative estimate of drug-likeness (QED) is 0.631. The average molecular weight is 322 g/mol. The molecule has 3 aromatic rings. The Morgan fingerprint density at radius 3 is 2.92 bits per heavy atom.